The lowest BCUT2D eigenvalue weighted by Crippen LogP contribution is -2.01. The zero-order chi connectivity index (χ0) is 15.5. The molecule has 1 heterocycles. The van der Waals surface area contributed by atoms with Gasteiger partial charge in [0.1, 0.15) is 5.76 Å². The lowest BCUT2D eigenvalue weighted by atomic mass is 10.1. The van der Waals surface area contributed by atoms with Crippen LogP contribution in [-0.2, 0) is 0 Å². The Balaban J connectivity index is 1.94. The van der Waals surface area contributed by atoms with E-state index >= 15 is 0 Å². The fourth-order valence-electron chi connectivity index (χ4n) is 1.97. The minimum Gasteiger partial charge on any atom is -0.440 e. The van der Waals surface area contributed by atoms with E-state index in [-0.39, 0.29) is 5.43 Å². The molecule has 0 spiro atoms. The van der Waals surface area contributed by atoms with Gasteiger partial charge in [-0.25, -0.2) is 0 Å². The van der Waals surface area contributed by atoms with Gasteiger partial charge in [-0.3, -0.25) is 4.79 Å². The molecule has 0 bridgehead atoms. The van der Waals surface area contributed by atoms with E-state index in [2.05, 4.69) is 21.2 Å². The minimum absolute atomic E-state index is 0.124. The summed E-state index contributed by atoms with van der Waals surface area (Å²) in [5.74, 6) is 0.893. The highest BCUT2D eigenvalue weighted by Gasteiger charge is 2.05. The van der Waals surface area contributed by atoms with Crippen LogP contribution in [0.25, 0.3) is 11.3 Å². The summed E-state index contributed by atoms with van der Waals surface area (Å²) >= 11 is 9.23. The zero-order valence-electron chi connectivity index (χ0n) is 11.3. The van der Waals surface area contributed by atoms with Gasteiger partial charge in [0.2, 0.25) is 5.88 Å². The lowest BCUT2D eigenvalue weighted by molar-refractivity contribution is 0.583. The van der Waals surface area contributed by atoms with Crippen molar-refractivity contribution < 1.29 is 4.42 Å². The highest BCUT2D eigenvalue weighted by Crippen LogP contribution is 2.25. The second kappa shape index (κ2) is 6.38. The fourth-order valence-corrected chi connectivity index (χ4v) is 2.36. The maximum absolute atomic E-state index is 11.9. The summed E-state index contributed by atoms with van der Waals surface area (Å²) in [5.41, 5.74) is 1.50. The largest absolute Gasteiger partial charge is 0.440 e. The van der Waals surface area contributed by atoms with Gasteiger partial charge < -0.3 is 9.73 Å². The van der Waals surface area contributed by atoms with E-state index in [1.807, 2.05) is 36.4 Å². The van der Waals surface area contributed by atoms with Gasteiger partial charge in [0.15, 0.2) is 5.43 Å². The SMILES string of the molecule is O=c1cc(Nc2ccc(Cl)cc2)oc(-c2ccc(Br)cc2)c1. The molecule has 22 heavy (non-hydrogen) atoms. The van der Waals surface area contributed by atoms with Gasteiger partial charge in [0, 0.05) is 32.9 Å². The van der Waals surface area contributed by atoms with Crippen molar-refractivity contribution in [3.63, 3.8) is 0 Å². The predicted molar refractivity (Wildman–Crippen MR) is 92.8 cm³/mol. The smallest absolute Gasteiger partial charge is 0.201 e. The third kappa shape index (κ3) is 3.59. The molecule has 0 fully saturated rings. The first-order valence-corrected chi connectivity index (χ1v) is 7.71. The van der Waals surface area contributed by atoms with E-state index < -0.39 is 0 Å². The Bertz CT molecular complexity index is 842. The topological polar surface area (TPSA) is 42.2 Å². The van der Waals surface area contributed by atoms with Crippen molar-refractivity contribution in [1.82, 2.24) is 0 Å². The summed E-state index contributed by atoms with van der Waals surface area (Å²) in [5, 5.41) is 3.71. The molecule has 0 aliphatic heterocycles. The monoisotopic (exact) mass is 375 g/mol. The van der Waals surface area contributed by atoms with Gasteiger partial charge in [-0.2, -0.15) is 0 Å². The van der Waals surface area contributed by atoms with Gasteiger partial charge >= 0.3 is 0 Å². The van der Waals surface area contributed by atoms with Crippen molar-refractivity contribution in [3.05, 3.63) is 80.4 Å². The van der Waals surface area contributed by atoms with Gasteiger partial charge in [0.25, 0.3) is 0 Å². The molecule has 0 aliphatic rings. The molecule has 5 heteroatoms. The summed E-state index contributed by atoms with van der Waals surface area (Å²) in [6.45, 7) is 0. The molecule has 2 aromatic carbocycles. The molecule has 0 saturated heterocycles. The molecule has 1 N–H and O–H groups in total. The number of hydrogen-bond acceptors (Lipinski definition) is 3. The highest BCUT2D eigenvalue weighted by molar-refractivity contribution is 9.10. The Morgan fingerprint density at radius 3 is 2.32 bits per heavy atom. The molecule has 0 amide bonds. The van der Waals surface area contributed by atoms with Gasteiger partial charge in [0.05, 0.1) is 0 Å². The average molecular weight is 377 g/mol. The summed E-state index contributed by atoms with van der Waals surface area (Å²) < 4.78 is 6.73. The Kier molecular flexibility index (Phi) is 4.32. The highest BCUT2D eigenvalue weighted by atomic mass is 79.9. The molecule has 0 saturated carbocycles. The predicted octanol–water partition coefficient (Wildman–Crippen LogP) is 5.47. The van der Waals surface area contributed by atoms with Gasteiger partial charge in [-0.1, -0.05) is 39.7 Å². The van der Waals surface area contributed by atoms with Crippen molar-refractivity contribution in [2.24, 2.45) is 0 Å². The van der Waals surface area contributed by atoms with Crippen LogP contribution in [-0.4, -0.2) is 0 Å². The van der Waals surface area contributed by atoms with E-state index in [1.54, 1.807) is 12.1 Å². The fraction of sp³-hybridized carbons (Fsp3) is 0. The first-order chi connectivity index (χ1) is 10.6. The van der Waals surface area contributed by atoms with Crippen LogP contribution in [0.15, 0.2) is 74.3 Å². The third-order valence-corrected chi connectivity index (χ3v) is 3.79. The number of rotatable bonds is 3. The number of benzene rings is 2. The van der Waals surface area contributed by atoms with Crippen LogP contribution < -0.4 is 10.7 Å². The number of nitrogens with one attached hydrogen (secondary N) is 1. The Morgan fingerprint density at radius 2 is 1.64 bits per heavy atom. The molecule has 1 aromatic heterocycles. The molecule has 0 unspecified atom stereocenters. The molecule has 3 aromatic rings. The first kappa shape index (κ1) is 14.9. The van der Waals surface area contributed by atoms with Crippen molar-refractivity contribution in [2.75, 3.05) is 5.32 Å². The van der Waals surface area contributed by atoms with Crippen LogP contribution in [0.4, 0.5) is 11.6 Å². The maximum atomic E-state index is 11.9. The molecule has 0 aliphatic carbocycles. The van der Waals surface area contributed by atoms with E-state index in [9.17, 15) is 4.79 Å². The molecular formula is C17H11BrClNO2. The Morgan fingerprint density at radius 1 is 0.955 bits per heavy atom. The summed E-state index contributed by atoms with van der Waals surface area (Å²) in [4.78, 5) is 11.9. The van der Waals surface area contributed by atoms with Gasteiger partial charge in [-0.15, -0.1) is 0 Å². The summed E-state index contributed by atoms with van der Waals surface area (Å²) in [6, 6.07) is 17.6. The van der Waals surface area contributed by atoms with Crippen molar-refractivity contribution in [2.45, 2.75) is 0 Å². The summed E-state index contributed by atoms with van der Waals surface area (Å²) in [6.07, 6.45) is 0. The lowest BCUT2D eigenvalue weighted by Gasteiger charge is -2.07. The van der Waals surface area contributed by atoms with Crippen molar-refractivity contribution >= 4 is 39.1 Å². The molecule has 0 radical (unpaired) electrons. The van der Waals surface area contributed by atoms with Crippen LogP contribution in [0.5, 0.6) is 0 Å². The first-order valence-electron chi connectivity index (χ1n) is 6.54. The van der Waals surface area contributed by atoms with Gasteiger partial charge in [-0.05, 0) is 36.4 Å². The van der Waals surface area contributed by atoms with Crippen LogP contribution >= 0.6 is 27.5 Å². The van der Waals surface area contributed by atoms with Crippen LogP contribution in [0, 0.1) is 0 Å². The van der Waals surface area contributed by atoms with E-state index in [0.717, 1.165) is 15.7 Å². The third-order valence-electron chi connectivity index (χ3n) is 3.01. The second-order valence-electron chi connectivity index (χ2n) is 4.66. The number of halogens is 2. The maximum Gasteiger partial charge on any atom is 0.201 e. The molecule has 3 nitrogen and oxygen atoms in total. The van der Waals surface area contributed by atoms with E-state index in [4.69, 9.17) is 16.0 Å². The van der Waals surface area contributed by atoms with Crippen LogP contribution in [0.2, 0.25) is 5.02 Å². The number of hydrogen-bond donors (Lipinski definition) is 1. The van der Waals surface area contributed by atoms with Crippen LogP contribution in [0.1, 0.15) is 0 Å². The summed E-state index contributed by atoms with van der Waals surface area (Å²) in [7, 11) is 0. The standard InChI is InChI=1S/C17H11BrClNO2/c18-12-3-1-11(2-4-12)16-9-15(21)10-17(22-16)20-14-7-5-13(19)6-8-14/h1-10,20H. The quantitative estimate of drug-likeness (QED) is 0.659. The van der Waals surface area contributed by atoms with E-state index in [0.29, 0.717) is 16.7 Å². The molecule has 3 rings (SSSR count). The number of anilines is 2. The Labute approximate surface area is 140 Å². The molecule has 110 valence electrons. The zero-order valence-corrected chi connectivity index (χ0v) is 13.7. The van der Waals surface area contributed by atoms with Crippen molar-refractivity contribution in [3.8, 4) is 11.3 Å². The minimum atomic E-state index is -0.124. The average Bonchev–Trinajstić information content (AvgIpc) is 2.50. The second-order valence-corrected chi connectivity index (χ2v) is 6.01. The van der Waals surface area contributed by atoms with Crippen molar-refractivity contribution in [1.29, 1.82) is 0 Å². The molecular weight excluding hydrogens is 366 g/mol. The van der Waals surface area contributed by atoms with Crippen LogP contribution in [0.3, 0.4) is 0 Å². The van der Waals surface area contributed by atoms with E-state index in [1.165, 1.54) is 12.1 Å². The normalized spacial score (nSPS) is 10.5. The Hall–Kier alpha value is -2.04. The molecule has 0 atom stereocenters.